The lowest BCUT2D eigenvalue weighted by atomic mass is 10.1. The number of nitrogens with zero attached hydrogens (tertiary/aromatic N) is 2. The second-order valence-corrected chi connectivity index (χ2v) is 5.52. The van der Waals surface area contributed by atoms with E-state index in [1.165, 1.54) is 17.9 Å². The second-order valence-electron chi connectivity index (χ2n) is 5.09. The lowest BCUT2D eigenvalue weighted by Gasteiger charge is -2.26. The molecule has 0 bridgehead atoms. The van der Waals surface area contributed by atoms with E-state index < -0.39 is 12.0 Å². The van der Waals surface area contributed by atoms with E-state index in [4.69, 9.17) is 11.6 Å². The summed E-state index contributed by atoms with van der Waals surface area (Å²) >= 11 is 5.91. The SMILES string of the molecule is CC(C(=O)O)N(Cc1ccccc1)C(=O)c1cc(Cl)cn1C. The fourth-order valence-corrected chi connectivity index (χ4v) is 2.43. The molecule has 0 aliphatic carbocycles. The Labute approximate surface area is 133 Å². The number of amides is 1. The summed E-state index contributed by atoms with van der Waals surface area (Å²) in [7, 11) is 1.70. The van der Waals surface area contributed by atoms with Crippen LogP contribution in [0.4, 0.5) is 0 Å². The monoisotopic (exact) mass is 320 g/mol. The molecular formula is C16H17ClN2O3. The average molecular weight is 321 g/mol. The smallest absolute Gasteiger partial charge is 0.326 e. The second kappa shape index (κ2) is 6.66. The van der Waals surface area contributed by atoms with Gasteiger partial charge in [0.2, 0.25) is 0 Å². The Hall–Kier alpha value is -2.27. The molecule has 1 amide bonds. The molecule has 2 rings (SSSR count). The van der Waals surface area contributed by atoms with Gasteiger partial charge in [-0.05, 0) is 18.6 Å². The van der Waals surface area contributed by atoms with Crippen LogP contribution in [0.2, 0.25) is 5.02 Å². The molecule has 0 aliphatic heterocycles. The summed E-state index contributed by atoms with van der Waals surface area (Å²) < 4.78 is 1.59. The zero-order valence-corrected chi connectivity index (χ0v) is 13.1. The third-order valence-corrected chi connectivity index (χ3v) is 3.68. The highest BCUT2D eigenvalue weighted by atomic mass is 35.5. The van der Waals surface area contributed by atoms with Gasteiger partial charge in [0, 0.05) is 19.8 Å². The fraction of sp³-hybridized carbons (Fsp3) is 0.250. The molecule has 1 unspecified atom stereocenters. The lowest BCUT2D eigenvalue weighted by molar-refractivity contribution is -0.141. The summed E-state index contributed by atoms with van der Waals surface area (Å²) in [5, 5.41) is 9.71. The Bertz CT molecular complexity index is 682. The van der Waals surface area contributed by atoms with Gasteiger partial charge in [0.25, 0.3) is 5.91 Å². The number of carbonyl (C=O) groups is 2. The van der Waals surface area contributed by atoms with Crippen LogP contribution in [0.3, 0.4) is 0 Å². The molecule has 1 heterocycles. The third-order valence-electron chi connectivity index (χ3n) is 3.47. The highest BCUT2D eigenvalue weighted by Gasteiger charge is 2.28. The number of rotatable bonds is 5. The Balaban J connectivity index is 2.33. The minimum Gasteiger partial charge on any atom is -0.480 e. The number of halogens is 1. The number of hydrogen-bond acceptors (Lipinski definition) is 2. The van der Waals surface area contributed by atoms with E-state index in [-0.39, 0.29) is 12.5 Å². The summed E-state index contributed by atoms with van der Waals surface area (Å²) in [6.07, 6.45) is 1.61. The highest BCUT2D eigenvalue weighted by molar-refractivity contribution is 6.31. The van der Waals surface area contributed by atoms with E-state index in [9.17, 15) is 14.7 Å². The average Bonchev–Trinajstić information content (AvgIpc) is 2.83. The molecule has 1 atom stereocenters. The van der Waals surface area contributed by atoms with Crippen LogP contribution in [0, 0.1) is 0 Å². The minimum absolute atomic E-state index is 0.218. The van der Waals surface area contributed by atoms with Crippen LogP contribution < -0.4 is 0 Å². The summed E-state index contributed by atoms with van der Waals surface area (Å²) in [6, 6.07) is 9.87. The maximum absolute atomic E-state index is 12.7. The van der Waals surface area contributed by atoms with Gasteiger partial charge in [-0.2, -0.15) is 0 Å². The quantitative estimate of drug-likeness (QED) is 0.921. The van der Waals surface area contributed by atoms with Crippen molar-refractivity contribution in [2.45, 2.75) is 19.5 Å². The van der Waals surface area contributed by atoms with Crippen molar-refractivity contribution in [3.8, 4) is 0 Å². The van der Waals surface area contributed by atoms with Crippen molar-refractivity contribution in [1.29, 1.82) is 0 Å². The Morgan fingerprint density at radius 3 is 2.45 bits per heavy atom. The van der Waals surface area contributed by atoms with Crippen molar-refractivity contribution in [3.63, 3.8) is 0 Å². The number of carbonyl (C=O) groups excluding carboxylic acids is 1. The number of benzene rings is 1. The molecule has 0 aliphatic rings. The summed E-state index contributed by atoms with van der Waals surface area (Å²) in [6.45, 7) is 1.71. The fourth-order valence-electron chi connectivity index (χ4n) is 2.18. The summed E-state index contributed by atoms with van der Waals surface area (Å²) in [5.41, 5.74) is 1.22. The topological polar surface area (TPSA) is 62.5 Å². The molecule has 22 heavy (non-hydrogen) atoms. The number of hydrogen-bond donors (Lipinski definition) is 1. The predicted molar refractivity (Wildman–Crippen MR) is 83.8 cm³/mol. The van der Waals surface area contributed by atoms with Gasteiger partial charge in [0.05, 0.1) is 5.02 Å². The zero-order valence-electron chi connectivity index (χ0n) is 12.4. The van der Waals surface area contributed by atoms with Crippen molar-refractivity contribution in [2.24, 2.45) is 7.05 Å². The molecule has 0 radical (unpaired) electrons. The molecule has 116 valence electrons. The van der Waals surface area contributed by atoms with E-state index >= 15 is 0 Å². The van der Waals surface area contributed by atoms with Gasteiger partial charge < -0.3 is 14.6 Å². The Morgan fingerprint density at radius 2 is 1.95 bits per heavy atom. The molecule has 1 N–H and O–H groups in total. The van der Waals surface area contributed by atoms with Crippen molar-refractivity contribution >= 4 is 23.5 Å². The first kappa shape index (κ1) is 16.1. The largest absolute Gasteiger partial charge is 0.480 e. The maximum Gasteiger partial charge on any atom is 0.326 e. The van der Waals surface area contributed by atoms with Crippen molar-refractivity contribution in [3.05, 3.63) is 58.9 Å². The first-order valence-electron chi connectivity index (χ1n) is 6.79. The molecule has 0 saturated heterocycles. The molecule has 6 heteroatoms. The van der Waals surface area contributed by atoms with Gasteiger partial charge in [-0.3, -0.25) is 4.79 Å². The third kappa shape index (κ3) is 3.49. The molecule has 0 saturated carbocycles. The predicted octanol–water partition coefficient (Wildman–Crippen LogP) is 2.79. The van der Waals surface area contributed by atoms with Gasteiger partial charge in [-0.1, -0.05) is 41.9 Å². The standard InChI is InChI=1S/C16H17ClN2O3/c1-11(16(21)22)19(9-12-6-4-3-5-7-12)15(20)14-8-13(17)10-18(14)2/h3-8,10-11H,9H2,1-2H3,(H,21,22). The van der Waals surface area contributed by atoms with E-state index in [1.807, 2.05) is 30.3 Å². The number of aliphatic carboxylic acids is 1. The van der Waals surface area contributed by atoms with Crippen molar-refractivity contribution in [1.82, 2.24) is 9.47 Å². The number of carboxylic acids is 1. The summed E-state index contributed by atoms with van der Waals surface area (Å²) in [5.74, 6) is -1.42. The molecular weight excluding hydrogens is 304 g/mol. The molecule has 1 aromatic heterocycles. The van der Waals surface area contributed by atoms with E-state index in [1.54, 1.807) is 17.8 Å². The maximum atomic E-state index is 12.7. The number of aromatic nitrogens is 1. The molecule has 0 fully saturated rings. The van der Waals surface area contributed by atoms with E-state index in [0.717, 1.165) is 5.56 Å². The van der Waals surface area contributed by atoms with Crippen LogP contribution in [-0.4, -0.2) is 32.5 Å². The Morgan fingerprint density at radius 1 is 1.32 bits per heavy atom. The van der Waals surface area contributed by atoms with E-state index in [2.05, 4.69) is 0 Å². The van der Waals surface area contributed by atoms with E-state index in [0.29, 0.717) is 10.7 Å². The zero-order chi connectivity index (χ0) is 16.3. The number of aryl methyl sites for hydroxylation is 1. The van der Waals surface area contributed by atoms with Crippen LogP contribution in [0.25, 0.3) is 0 Å². The van der Waals surface area contributed by atoms with Crippen LogP contribution in [0.1, 0.15) is 23.0 Å². The first-order chi connectivity index (χ1) is 10.4. The van der Waals surface area contributed by atoms with Gasteiger partial charge in [-0.15, -0.1) is 0 Å². The van der Waals surface area contributed by atoms with Crippen LogP contribution >= 0.6 is 11.6 Å². The summed E-state index contributed by atoms with van der Waals surface area (Å²) in [4.78, 5) is 25.4. The number of carboxylic acid groups (broad SMARTS) is 1. The first-order valence-corrected chi connectivity index (χ1v) is 7.17. The lowest BCUT2D eigenvalue weighted by Crippen LogP contribution is -2.43. The molecule has 1 aromatic carbocycles. The molecule has 2 aromatic rings. The highest BCUT2D eigenvalue weighted by Crippen LogP contribution is 2.18. The van der Waals surface area contributed by atoms with Gasteiger partial charge in [-0.25, -0.2) is 4.79 Å². The minimum atomic E-state index is -1.05. The van der Waals surface area contributed by atoms with Crippen molar-refractivity contribution in [2.75, 3.05) is 0 Å². The van der Waals surface area contributed by atoms with Crippen molar-refractivity contribution < 1.29 is 14.7 Å². The van der Waals surface area contributed by atoms with Gasteiger partial charge in [0.15, 0.2) is 0 Å². The van der Waals surface area contributed by atoms with Gasteiger partial charge in [0.1, 0.15) is 11.7 Å². The van der Waals surface area contributed by atoms with Crippen LogP contribution in [0.15, 0.2) is 42.6 Å². The normalized spacial score (nSPS) is 12.0. The molecule has 5 nitrogen and oxygen atoms in total. The van der Waals surface area contributed by atoms with Crippen LogP contribution in [-0.2, 0) is 18.4 Å². The van der Waals surface area contributed by atoms with Crippen LogP contribution in [0.5, 0.6) is 0 Å². The van der Waals surface area contributed by atoms with Gasteiger partial charge >= 0.3 is 5.97 Å². The Kier molecular flexibility index (Phi) is 4.88. The molecule has 0 spiro atoms.